The second-order valence-corrected chi connectivity index (χ2v) is 20.3. The molecule has 2 aromatic heterocycles. The maximum Gasteiger partial charge on any atom is 0.149 e. The summed E-state index contributed by atoms with van der Waals surface area (Å²) in [6.45, 7) is 27.0. The molecule has 0 aliphatic rings. The largest absolute Gasteiger partial charge is 0.507 e. The smallest absolute Gasteiger partial charge is 0.149 e. The Morgan fingerprint density at radius 1 is 0.635 bits per heavy atom. The number of hydrogen-bond donors (Lipinski definition) is 1. The van der Waals surface area contributed by atoms with Gasteiger partial charge in [0.05, 0.1) is 34.8 Å². The highest BCUT2D eigenvalue weighted by Gasteiger charge is 2.30. The summed E-state index contributed by atoms with van der Waals surface area (Å²) < 4.78 is 55.5. The molecule has 63 heavy (non-hydrogen) atoms. The third-order valence-electron chi connectivity index (χ3n) is 12.3. The highest BCUT2D eigenvalue weighted by atomic mass is 16.3. The Bertz CT molecular complexity index is 3310. The molecule has 4 nitrogen and oxygen atoms in total. The van der Waals surface area contributed by atoms with Crippen molar-refractivity contribution in [3.05, 3.63) is 167 Å². The van der Waals surface area contributed by atoms with Gasteiger partial charge in [0.15, 0.2) is 0 Å². The number of aromatic nitrogens is 3. The second-order valence-electron chi connectivity index (χ2n) is 20.3. The van der Waals surface area contributed by atoms with E-state index in [0.29, 0.717) is 39.2 Å². The molecule has 0 aliphatic heterocycles. The van der Waals surface area contributed by atoms with Crippen LogP contribution in [0, 0.1) is 13.8 Å². The normalized spacial score (nSPS) is 13.9. The number of aromatic hydroxyl groups is 1. The highest BCUT2D eigenvalue weighted by molar-refractivity contribution is 5.98. The van der Waals surface area contributed by atoms with Gasteiger partial charge < -0.3 is 5.11 Å². The molecule has 0 saturated heterocycles. The molecule has 8 rings (SSSR count). The number of fused-ring (bicyclic) bond motifs is 1. The van der Waals surface area contributed by atoms with Crippen molar-refractivity contribution in [1.82, 2.24) is 14.5 Å². The molecule has 320 valence electrons. The Hall–Kier alpha value is -6.26. The molecule has 0 fully saturated rings. The van der Waals surface area contributed by atoms with Crippen molar-refractivity contribution in [3.63, 3.8) is 0 Å². The number of benzene rings is 6. The van der Waals surface area contributed by atoms with Crippen LogP contribution in [0.5, 0.6) is 5.75 Å². The predicted octanol–water partition coefficient (Wildman–Crippen LogP) is 16.1. The number of imidazole rings is 1. The molecular weight excluding hydrogens is 767 g/mol. The third kappa shape index (κ3) is 8.24. The van der Waals surface area contributed by atoms with Gasteiger partial charge in [-0.3, -0.25) is 9.55 Å². The van der Waals surface area contributed by atoms with Crippen LogP contribution in [0.3, 0.4) is 0 Å². The van der Waals surface area contributed by atoms with Crippen molar-refractivity contribution in [1.29, 1.82) is 0 Å². The first-order valence-corrected chi connectivity index (χ1v) is 21.9. The molecule has 1 N–H and O–H groups in total. The van der Waals surface area contributed by atoms with E-state index in [1.165, 1.54) is 0 Å². The number of hydrogen-bond acceptors (Lipinski definition) is 3. The van der Waals surface area contributed by atoms with E-state index in [4.69, 9.17) is 15.5 Å². The van der Waals surface area contributed by atoms with Crippen LogP contribution >= 0.6 is 0 Å². The molecule has 0 atom stereocenters. The molecule has 0 aliphatic carbocycles. The van der Waals surface area contributed by atoms with Crippen LogP contribution < -0.4 is 0 Å². The van der Waals surface area contributed by atoms with E-state index < -0.39 is 29.4 Å². The lowest BCUT2D eigenvalue weighted by Crippen LogP contribution is -2.17. The van der Waals surface area contributed by atoms with Gasteiger partial charge in [-0.05, 0) is 122 Å². The summed E-state index contributed by atoms with van der Waals surface area (Å²) in [4.78, 5) is 10.7. The lowest BCUT2D eigenvalue weighted by atomic mass is 9.79. The number of rotatable bonds is 7. The fourth-order valence-corrected chi connectivity index (χ4v) is 8.62. The number of nitrogens with zero attached hydrogens (tertiary/aromatic N) is 3. The Morgan fingerprint density at radius 3 is 1.95 bits per heavy atom. The average Bonchev–Trinajstić information content (AvgIpc) is 3.66. The molecular formula is C59H63N3O. The zero-order valence-electron chi connectivity index (χ0n) is 45.1. The van der Waals surface area contributed by atoms with E-state index in [-0.39, 0.29) is 34.2 Å². The van der Waals surface area contributed by atoms with Crippen molar-refractivity contribution >= 4 is 11.0 Å². The molecule has 0 unspecified atom stereocenters. The van der Waals surface area contributed by atoms with Crippen molar-refractivity contribution < 1.29 is 13.3 Å². The minimum Gasteiger partial charge on any atom is -0.507 e. The first kappa shape index (κ1) is 36.2. The number of pyridine rings is 1. The topological polar surface area (TPSA) is 50.9 Å². The van der Waals surface area contributed by atoms with Crippen molar-refractivity contribution in [3.8, 4) is 67.5 Å². The first-order chi connectivity index (χ1) is 32.1. The van der Waals surface area contributed by atoms with E-state index in [1.807, 2.05) is 47.2 Å². The molecule has 0 amide bonds. The van der Waals surface area contributed by atoms with Crippen molar-refractivity contribution in [2.45, 2.75) is 112 Å². The van der Waals surface area contributed by atoms with Gasteiger partial charge in [-0.25, -0.2) is 4.98 Å². The molecule has 4 heteroatoms. The highest BCUT2D eigenvalue weighted by Crippen LogP contribution is 2.46. The summed E-state index contributed by atoms with van der Waals surface area (Å²) >= 11 is 0. The molecule has 0 saturated carbocycles. The average molecular weight is 836 g/mol. The van der Waals surface area contributed by atoms with Gasteiger partial charge in [-0.15, -0.1) is 0 Å². The van der Waals surface area contributed by atoms with Gasteiger partial charge >= 0.3 is 0 Å². The fraction of sp³-hybridized carbons (Fsp3) is 0.288. The zero-order valence-corrected chi connectivity index (χ0v) is 39.1. The standard InChI is InChI=1S/C59H63N3O/c1-36(2)41-27-28-50(47(32-41)39-21-16-14-17-22-39)62-51-26-20-25-46(54(51)61-56(62)48-33-45(58(8,9)10)34-49(55(48)63)59(11,12)13)42-29-43(31-44(30-42)57(5,6)7)53-38(4)52(37(3)35-60-53)40-23-18-15-19-24-40/h14-36,63H,1-13H3/i14D,16D,17D,21D,22D,36D. The number of phenolic OH excluding ortho intramolecular Hbond substituents is 1. The van der Waals surface area contributed by atoms with Crippen LogP contribution in [-0.4, -0.2) is 19.6 Å². The van der Waals surface area contributed by atoms with Gasteiger partial charge in [-0.2, -0.15) is 0 Å². The van der Waals surface area contributed by atoms with E-state index in [9.17, 15) is 7.85 Å². The zero-order chi connectivity index (χ0) is 50.4. The van der Waals surface area contributed by atoms with Crippen LogP contribution in [0.15, 0.2) is 133 Å². The lowest BCUT2D eigenvalue weighted by molar-refractivity contribution is 0.446. The van der Waals surface area contributed by atoms with Crippen LogP contribution in [0.4, 0.5) is 0 Å². The summed E-state index contributed by atoms with van der Waals surface area (Å²) in [6, 6.07) is 30.5. The molecule has 0 spiro atoms. The number of phenols is 1. The fourth-order valence-electron chi connectivity index (χ4n) is 8.62. The van der Waals surface area contributed by atoms with Gasteiger partial charge in [-0.1, -0.05) is 167 Å². The Labute approximate surface area is 384 Å². The van der Waals surface area contributed by atoms with E-state index in [0.717, 1.165) is 61.3 Å². The summed E-state index contributed by atoms with van der Waals surface area (Å²) in [6.07, 6.45) is 1.95. The molecule has 0 bridgehead atoms. The summed E-state index contributed by atoms with van der Waals surface area (Å²) in [5.41, 5.74) is 13.1. The maximum atomic E-state index is 12.6. The third-order valence-corrected chi connectivity index (χ3v) is 12.3. The van der Waals surface area contributed by atoms with E-state index in [2.05, 4.69) is 131 Å². The Morgan fingerprint density at radius 2 is 1.30 bits per heavy atom. The monoisotopic (exact) mass is 836 g/mol. The van der Waals surface area contributed by atoms with E-state index >= 15 is 0 Å². The number of aryl methyl sites for hydroxylation is 1. The Balaban J connectivity index is 1.53. The van der Waals surface area contributed by atoms with Crippen LogP contribution in [0.2, 0.25) is 0 Å². The summed E-state index contributed by atoms with van der Waals surface area (Å²) in [5, 5.41) is 12.6. The molecule has 0 radical (unpaired) electrons. The minimum absolute atomic E-state index is 0.00691. The van der Waals surface area contributed by atoms with Crippen molar-refractivity contribution in [2.75, 3.05) is 0 Å². The SMILES string of the molecule is [2H]c1c([2H])c([2H])c(-c2cc(C([2H])(C)C)ccc2-n2c(-c3cc(C(C)(C)C)cc(C(C)(C)C)c3O)nc3c(-c4cc(-c5ncc(C)c(-c6ccccc6)c5C)cc(C(C)(C)C)c4)cccc32)c([2H])c1[2H]. The van der Waals surface area contributed by atoms with Crippen LogP contribution in [0.25, 0.3) is 72.7 Å². The molecule has 2 heterocycles. The van der Waals surface area contributed by atoms with Gasteiger partial charge in [0.1, 0.15) is 11.6 Å². The van der Waals surface area contributed by atoms with Gasteiger partial charge in [0.2, 0.25) is 0 Å². The molecule has 8 aromatic rings. The van der Waals surface area contributed by atoms with Crippen LogP contribution in [-0.2, 0) is 16.2 Å². The number of para-hydroxylation sites is 1. The molecule has 6 aromatic carbocycles. The summed E-state index contributed by atoms with van der Waals surface area (Å²) in [5.74, 6) is -0.612. The van der Waals surface area contributed by atoms with Gasteiger partial charge in [0.25, 0.3) is 0 Å². The quantitative estimate of drug-likeness (QED) is 0.174. The summed E-state index contributed by atoms with van der Waals surface area (Å²) in [7, 11) is 0. The first-order valence-electron chi connectivity index (χ1n) is 24.9. The van der Waals surface area contributed by atoms with Crippen LogP contribution in [0.1, 0.15) is 124 Å². The second kappa shape index (κ2) is 16.1. The Kier molecular flexibility index (Phi) is 9.28. The van der Waals surface area contributed by atoms with Crippen molar-refractivity contribution in [2.24, 2.45) is 0 Å². The lowest BCUT2D eigenvalue weighted by Gasteiger charge is -2.27. The minimum atomic E-state index is -1.10. The van der Waals surface area contributed by atoms with Gasteiger partial charge in [0, 0.05) is 29.8 Å². The maximum absolute atomic E-state index is 12.6. The van der Waals surface area contributed by atoms with E-state index in [1.54, 1.807) is 19.9 Å². The predicted molar refractivity (Wildman–Crippen MR) is 267 cm³/mol.